The minimum atomic E-state index is -0.983. The molecule has 1 aliphatic heterocycles. The van der Waals surface area contributed by atoms with Crippen molar-refractivity contribution in [1.29, 1.82) is 0 Å². The van der Waals surface area contributed by atoms with Gasteiger partial charge in [-0.1, -0.05) is 17.7 Å². The molecule has 2 aliphatic rings. The smallest absolute Gasteiger partial charge is 0.335 e. The van der Waals surface area contributed by atoms with E-state index < -0.39 is 5.97 Å². The second-order valence-electron chi connectivity index (χ2n) is 8.58. The lowest BCUT2D eigenvalue weighted by molar-refractivity contribution is 0.0697. The molecular formula is C23H23ClN4O3. The molecule has 1 aliphatic carbocycles. The van der Waals surface area contributed by atoms with E-state index in [4.69, 9.17) is 16.6 Å². The van der Waals surface area contributed by atoms with Crippen LogP contribution in [0.15, 0.2) is 41.2 Å². The van der Waals surface area contributed by atoms with Gasteiger partial charge in [0.15, 0.2) is 0 Å². The van der Waals surface area contributed by atoms with Crippen molar-refractivity contribution in [3.8, 4) is 0 Å². The maximum Gasteiger partial charge on any atom is 0.335 e. The van der Waals surface area contributed by atoms with Crippen molar-refractivity contribution in [2.75, 3.05) is 23.3 Å². The number of benzene rings is 2. The van der Waals surface area contributed by atoms with Crippen molar-refractivity contribution in [2.24, 2.45) is 18.9 Å². The number of fused-ring (bicyclic) bond motifs is 2. The van der Waals surface area contributed by atoms with Crippen LogP contribution in [-0.4, -0.2) is 33.7 Å². The Bertz CT molecular complexity index is 1260. The van der Waals surface area contributed by atoms with Gasteiger partial charge in [-0.25, -0.2) is 9.78 Å². The second kappa shape index (κ2) is 7.27. The maximum absolute atomic E-state index is 13.2. The number of hydrogen-bond acceptors (Lipinski definition) is 5. The van der Waals surface area contributed by atoms with Crippen LogP contribution >= 0.6 is 11.6 Å². The van der Waals surface area contributed by atoms with Gasteiger partial charge in [0.1, 0.15) is 0 Å². The number of halogens is 1. The number of aromatic carboxylic acids is 1. The Morgan fingerprint density at radius 3 is 2.71 bits per heavy atom. The summed E-state index contributed by atoms with van der Waals surface area (Å²) in [7, 11) is 1.76. The van der Waals surface area contributed by atoms with Crippen LogP contribution in [0.2, 0.25) is 5.02 Å². The zero-order valence-corrected chi connectivity index (χ0v) is 18.1. The Kier molecular flexibility index (Phi) is 4.66. The molecule has 0 radical (unpaired) electrons. The van der Waals surface area contributed by atoms with Gasteiger partial charge in [0.2, 0.25) is 5.95 Å². The fourth-order valence-corrected chi connectivity index (χ4v) is 4.83. The van der Waals surface area contributed by atoms with Gasteiger partial charge in [-0.05, 0) is 55.5 Å². The monoisotopic (exact) mass is 438 g/mol. The predicted octanol–water partition coefficient (Wildman–Crippen LogP) is 3.91. The average molecular weight is 439 g/mol. The van der Waals surface area contributed by atoms with Gasteiger partial charge in [-0.2, -0.15) is 0 Å². The highest BCUT2D eigenvalue weighted by Crippen LogP contribution is 2.46. The van der Waals surface area contributed by atoms with E-state index in [2.05, 4.69) is 10.2 Å². The zero-order chi connectivity index (χ0) is 21.9. The molecule has 8 heteroatoms. The van der Waals surface area contributed by atoms with Gasteiger partial charge in [0.05, 0.1) is 22.5 Å². The third-order valence-electron chi connectivity index (χ3n) is 6.37. The number of carboxylic acids is 1. The summed E-state index contributed by atoms with van der Waals surface area (Å²) in [5.41, 5.74) is 2.17. The van der Waals surface area contributed by atoms with Crippen LogP contribution < -0.4 is 15.8 Å². The fraction of sp³-hybridized carbons (Fsp3) is 0.348. The molecule has 3 aromatic rings. The standard InChI is InChI=1S/C23H23ClN4O3/c1-12(25-17-5-3-4-13(7-17)22(30)31)18-8-16(24)9-19-20(18)26-23(27(2)21(19)29)28-10-14-6-15(14)11-28/h3-5,7-9,12,14-15,25H,6,10-11H2,1-2H3,(H,30,31). The molecule has 1 aromatic heterocycles. The molecule has 0 bridgehead atoms. The zero-order valence-electron chi connectivity index (χ0n) is 17.3. The highest BCUT2D eigenvalue weighted by Gasteiger charge is 2.46. The fourth-order valence-electron chi connectivity index (χ4n) is 4.60. The number of aromatic nitrogens is 2. The van der Waals surface area contributed by atoms with Crippen molar-refractivity contribution in [1.82, 2.24) is 9.55 Å². The second-order valence-corrected chi connectivity index (χ2v) is 9.02. The molecule has 0 spiro atoms. The number of carbonyl (C=O) groups is 1. The van der Waals surface area contributed by atoms with Gasteiger partial charge in [-0.15, -0.1) is 0 Å². The molecule has 160 valence electrons. The van der Waals surface area contributed by atoms with E-state index >= 15 is 0 Å². The van der Waals surface area contributed by atoms with Crippen LogP contribution in [0.5, 0.6) is 0 Å². The molecule has 1 saturated carbocycles. The SMILES string of the molecule is CC(Nc1cccc(C(=O)O)c1)c1cc(Cl)cc2c(=O)n(C)c(N3CC4CC4C3)nc12. The van der Waals surface area contributed by atoms with Crippen molar-refractivity contribution in [3.05, 3.63) is 62.9 Å². The van der Waals surface area contributed by atoms with Crippen molar-refractivity contribution in [2.45, 2.75) is 19.4 Å². The summed E-state index contributed by atoms with van der Waals surface area (Å²) >= 11 is 6.36. The van der Waals surface area contributed by atoms with Gasteiger partial charge in [0.25, 0.3) is 5.56 Å². The van der Waals surface area contributed by atoms with Gasteiger partial charge < -0.3 is 15.3 Å². The van der Waals surface area contributed by atoms with Crippen LogP contribution in [0.25, 0.3) is 10.9 Å². The van der Waals surface area contributed by atoms with E-state index in [9.17, 15) is 14.7 Å². The molecule has 5 rings (SSSR count). The normalized spacial score (nSPS) is 20.5. The van der Waals surface area contributed by atoms with E-state index in [1.165, 1.54) is 6.42 Å². The van der Waals surface area contributed by atoms with Crippen LogP contribution in [0.4, 0.5) is 11.6 Å². The topological polar surface area (TPSA) is 87.5 Å². The number of carboxylic acid groups (broad SMARTS) is 1. The molecule has 2 N–H and O–H groups in total. The Balaban J connectivity index is 1.57. The van der Waals surface area contributed by atoms with Crippen molar-refractivity contribution in [3.63, 3.8) is 0 Å². The van der Waals surface area contributed by atoms with Gasteiger partial charge >= 0.3 is 5.97 Å². The Morgan fingerprint density at radius 1 is 1.26 bits per heavy atom. The summed E-state index contributed by atoms with van der Waals surface area (Å²) in [6.07, 6.45) is 1.27. The average Bonchev–Trinajstić information content (AvgIpc) is 3.35. The summed E-state index contributed by atoms with van der Waals surface area (Å²) in [5, 5.41) is 13.5. The maximum atomic E-state index is 13.2. The number of piperidine rings is 1. The van der Waals surface area contributed by atoms with Crippen LogP contribution in [0.3, 0.4) is 0 Å². The van der Waals surface area contributed by atoms with Crippen LogP contribution in [0.1, 0.15) is 35.3 Å². The molecule has 7 nitrogen and oxygen atoms in total. The van der Waals surface area contributed by atoms with Gasteiger partial charge in [0, 0.05) is 36.4 Å². The first-order valence-corrected chi connectivity index (χ1v) is 10.7. The number of nitrogens with one attached hydrogen (secondary N) is 1. The minimum Gasteiger partial charge on any atom is -0.478 e. The molecule has 2 heterocycles. The first-order valence-electron chi connectivity index (χ1n) is 10.4. The minimum absolute atomic E-state index is 0.121. The Morgan fingerprint density at radius 2 is 2.00 bits per heavy atom. The highest BCUT2D eigenvalue weighted by atomic mass is 35.5. The third-order valence-corrected chi connectivity index (χ3v) is 6.59. The largest absolute Gasteiger partial charge is 0.478 e. The Labute approximate surface area is 184 Å². The van der Waals surface area contributed by atoms with Crippen molar-refractivity contribution < 1.29 is 9.90 Å². The van der Waals surface area contributed by atoms with Gasteiger partial charge in [-0.3, -0.25) is 9.36 Å². The lowest BCUT2D eigenvalue weighted by Crippen LogP contribution is -2.31. The first kappa shape index (κ1) is 19.9. The quantitative estimate of drug-likeness (QED) is 0.628. The molecule has 2 aromatic carbocycles. The summed E-state index contributed by atoms with van der Waals surface area (Å²) in [6, 6.07) is 9.87. The Hall–Kier alpha value is -3.06. The molecule has 31 heavy (non-hydrogen) atoms. The van der Waals surface area contributed by atoms with Crippen LogP contribution in [0, 0.1) is 11.8 Å². The lowest BCUT2D eigenvalue weighted by Gasteiger charge is -2.23. The first-order chi connectivity index (χ1) is 14.8. The van der Waals surface area contributed by atoms with Crippen molar-refractivity contribution >= 4 is 40.1 Å². The third kappa shape index (κ3) is 3.53. The van der Waals surface area contributed by atoms with E-state index in [-0.39, 0.29) is 17.2 Å². The molecule has 0 amide bonds. The van der Waals surface area contributed by atoms with E-state index in [0.29, 0.717) is 27.6 Å². The molecule has 2 fully saturated rings. The van der Waals surface area contributed by atoms with E-state index in [1.54, 1.807) is 35.9 Å². The predicted molar refractivity (Wildman–Crippen MR) is 121 cm³/mol. The van der Waals surface area contributed by atoms with E-state index in [0.717, 1.165) is 30.5 Å². The summed E-state index contributed by atoms with van der Waals surface area (Å²) in [6.45, 7) is 3.83. The number of nitrogens with zero attached hydrogens (tertiary/aromatic N) is 3. The van der Waals surface area contributed by atoms with E-state index in [1.807, 2.05) is 19.1 Å². The molecule has 3 unspecified atom stereocenters. The molecule has 3 atom stereocenters. The number of rotatable bonds is 5. The highest BCUT2D eigenvalue weighted by molar-refractivity contribution is 6.31. The number of anilines is 2. The summed E-state index contributed by atoms with van der Waals surface area (Å²) in [5.74, 6) is 1.15. The van der Waals surface area contributed by atoms with Crippen LogP contribution in [-0.2, 0) is 7.05 Å². The number of hydrogen-bond donors (Lipinski definition) is 2. The summed E-state index contributed by atoms with van der Waals surface area (Å²) < 4.78 is 1.61. The molecule has 1 saturated heterocycles. The summed E-state index contributed by atoms with van der Waals surface area (Å²) in [4.78, 5) is 31.6. The molecular weight excluding hydrogens is 416 g/mol. The lowest BCUT2D eigenvalue weighted by atomic mass is 10.0.